The molecule has 0 spiro atoms. The SMILES string of the molecule is Cc1cccc(/C(N)=N/O)c1N1CCOC(C)C1. The molecule has 5 heteroatoms. The number of anilines is 1. The average molecular weight is 249 g/mol. The van der Waals surface area contributed by atoms with Gasteiger partial charge in [0.1, 0.15) is 0 Å². The molecule has 0 radical (unpaired) electrons. The van der Waals surface area contributed by atoms with Crippen molar-refractivity contribution in [1.82, 2.24) is 0 Å². The van der Waals surface area contributed by atoms with Crippen molar-refractivity contribution >= 4 is 11.5 Å². The number of aryl methyl sites for hydroxylation is 1. The number of morpholine rings is 1. The summed E-state index contributed by atoms with van der Waals surface area (Å²) in [6, 6.07) is 5.82. The molecule has 0 bridgehead atoms. The fourth-order valence-corrected chi connectivity index (χ4v) is 2.36. The Bertz CT molecular complexity index is 460. The molecule has 5 nitrogen and oxygen atoms in total. The van der Waals surface area contributed by atoms with Crippen LogP contribution in [0.4, 0.5) is 5.69 Å². The van der Waals surface area contributed by atoms with Gasteiger partial charge in [0.05, 0.1) is 18.4 Å². The van der Waals surface area contributed by atoms with Crippen LogP contribution in [0.15, 0.2) is 23.4 Å². The lowest BCUT2D eigenvalue weighted by atomic mass is 10.0. The van der Waals surface area contributed by atoms with Crippen molar-refractivity contribution < 1.29 is 9.94 Å². The lowest BCUT2D eigenvalue weighted by Crippen LogP contribution is -2.42. The van der Waals surface area contributed by atoms with Crippen molar-refractivity contribution in [1.29, 1.82) is 0 Å². The molecule has 98 valence electrons. The van der Waals surface area contributed by atoms with E-state index in [2.05, 4.69) is 10.1 Å². The fourth-order valence-electron chi connectivity index (χ4n) is 2.36. The van der Waals surface area contributed by atoms with Crippen LogP contribution in [0.5, 0.6) is 0 Å². The monoisotopic (exact) mass is 249 g/mol. The first-order chi connectivity index (χ1) is 8.63. The predicted molar refractivity (Wildman–Crippen MR) is 71.3 cm³/mol. The summed E-state index contributed by atoms with van der Waals surface area (Å²) < 4.78 is 5.54. The van der Waals surface area contributed by atoms with Gasteiger partial charge < -0.3 is 20.6 Å². The first kappa shape index (κ1) is 12.7. The zero-order chi connectivity index (χ0) is 13.1. The van der Waals surface area contributed by atoms with Gasteiger partial charge in [-0.3, -0.25) is 0 Å². The third-order valence-corrected chi connectivity index (χ3v) is 3.18. The maximum atomic E-state index is 8.87. The van der Waals surface area contributed by atoms with Crippen LogP contribution in [0.3, 0.4) is 0 Å². The normalized spacial score (nSPS) is 21.1. The Morgan fingerprint density at radius 2 is 2.33 bits per heavy atom. The maximum Gasteiger partial charge on any atom is 0.172 e. The molecular weight excluding hydrogens is 230 g/mol. The van der Waals surface area contributed by atoms with Gasteiger partial charge in [-0.15, -0.1) is 0 Å². The smallest absolute Gasteiger partial charge is 0.172 e. The van der Waals surface area contributed by atoms with E-state index in [0.717, 1.165) is 29.9 Å². The Balaban J connectivity index is 2.42. The van der Waals surface area contributed by atoms with E-state index >= 15 is 0 Å². The van der Waals surface area contributed by atoms with Gasteiger partial charge in [0.15, 0.2) is 5.84 Å². The van der Waals surface area contributed by atoms with E-state index in [0.29, 0.717) is 6.61 Å². The van der Waals surface area contributed by atoms with Crippen LogP contribution < -0.4 is 10.6 Å². The summed E-state index contributed by atoms with van der Waals surface area (Å²) in [5, 5.41) is 12.0. The second-order valence-electron chi connectivity index (χ2n) is 4.58. The van der Waals surface area contributed by atoms with Crippen LogP contribution in [0.1, 0.15) is 18.1 Å². The molecule has 18 heavy (non-hydrogen) atoms. The van der Waals surface area contributed by atoms with Gasteiger partial charge in [0.2, 0.25) is 0 Å². The molecule has 1 atom stereocenters. The Labute approximate surface area is 107 Å². The summed E-state index contributed by atoms with van der Waals surface area (Å²) in [6.45, 7) is 6.42. The minimum atomic E-state index is 0.146. The predicted octanol–water partition coefficient (Wildman–Crippen LogP) is 1.31. The van der Waals surface area contributed by atoms with Crippen LogP contribution in [-0.4, -0.2) is 36.8 Å². The third kappa shape index (κ3) is 2.41. The summed E-state index contributed by atoms with van der Waals surface area (Å²) in [6.07, 6.45) is 0.193. The van der Waals surface area contributed by atoms with Crippen LogP contribution in [0, 0.1) is 6.92 Å². The third-order valence-electron chi connectivity index (χ3n) is 3.18. The summed E-state index contributed by atoms with van der Waals surface area (Å²) in [4.78, 5) is 2.23. The molecule has 0 aliphatic carbocycles. The van der Waals surface area contributed by atoms with E-state index in [1.165, 1.54) is 0 Å². The number of rotatable bonds is 2. The Morgan fingerprint density at radius 1 is 1.56 bits per heavy atom. The molecule has 0 saturated carbocycles. The molecule has 1 aliphatic rings. The second-order valence-corrected chi connectivity index (χ2v) is 4.58. The number of benzene rings is 1. The molecule has 3 N–H and O–H groups in total. The molecule has 0 aromatic heterocycles. The maximum absolute atomic E-state index is 8.87. The van der Waals surface area contributed by atoms with E-state index in [-0.39, 0.29) is 11.9 Å². The number of amidine groups is 1. The lowest BCUT2D eigenvalue weighted by molar-refractivity contribution is 0.0532. The Kier molecular flexibility index (Phi) is 3.72. The summed E-state index contributed by atoms with van der Waals surface area (Å²) in [7, 11) is 0. The quantitative estimate of drug-likeness (QED) is 0.359. The minimum Gasteiger partial charge on any atom is -0.409 e. The van der Waals surface area contributed by atoms with Gasteiger partial charge in [0, 0.05) is 18.7 Å². The zero-order valence-electron chi connectivity index (χ0n) is 10.8. The van der Waals surface area contributed by atoms with Crippen molar-refractivity contribution in [3.05, 3.63) is 29.3 Å². The number of hydrogen-bond donors (Lipinski definition) is 2. The minimum absolute atomic E-state index is 0.146. The van der Waals surface area contributed by atoms with Gasteiger partial charge in [-0.25, -0.2) is 0 Å². The average Bonchev–Trinajstić information content (AvgIpc) is 2.37. The van der Waals surface area contributed by atoms with Gasteiger partial charge in [0.25, 0.3) is 0 Å². The lowest BCUT2D eigenvalue weighted by Gasteiger charge is -2.35. The number of oxime groups is 1. The molecule has 1 fully saturated rings. The van der Waals surface area contributed by atoms with Crippen LogP contribution in [0.2, 0.25) is 0 Å². The number of para-hydroxylation sites is 1. The number of nitrogens with two attached hydrogens (primary N) is 1. The molecule has 1 aromatic carbocycles. The first-order valence-corrected chi connectivity index (χ1v) is 6.07. The van der Waals surface area contributed by atoms with E-state index in [4.69, 9.17) is 15.7 Å². The zero-order valence-corrected chi connectivity index (χ0v) is 10.8. The molecular formula is C13H19N3O2. The molecule has 2 rings (SSSR count). The highest BCUT2D eigenvalue weighted by atomic mass is 16.5. The largest absolute Gasteiger partial charge is 0.409 e. The topological polar surface area (TPSA) is 71.1 Å². The van der Waals surface area contributed by atoms with E-state index in [1.54, 1.807) is 0 Å². The number of ether oxygens (including phenoxy) is 1. The van der Waals surface area contributed by atoms with Gasteiger partial charge in [-0.05, 0) is 25.5 Å². The van der Waals surface area contributed by atoms with Crippen molar-refractivity contribution in [2.75, 3.05) is 24.6 Å². The van der Waals surface area contributed by atoms with Crippen molar-refractivity contribution in [2.24, 2.45) is 10.9 Å². The van der Waals surface area contributed by atoms with Crippen molar-refractivity contribution in [3.63, 3.8) is 0 Å². The molecule has 1 aliphatic heterocycles. The highest BCUT2D eigenvalue weighted by Gasteiger charge is 2.21. The molecule has 0 amide bonds. The number of nitrogens with zero attached hydrogens (tertiary/aromatic N) is 2. The standard InChI is InChI=1S/C13H19N3O2/c1-9-4-3-5-11(13(14)15-17)12(9)16-6-7-18-10(2)8-16/h3-5,10,17H,6-8H2,1-2H3,(H2,14,15). The van der Waals surface area contributed by atoms with Crippen LogP contribution in [-0.2, 0) is 4.74 Å². The highest BCUT2D eigenvalue weighted by molar-refractivity contribution is 6.02. The summed E-state index contributed by atoms with van der Waals surface area (Å²) in [5.74, 6) is 0.146. The molecule has 1 unspecified atom stereocenters. The summed E-state index contributed by atoms with van der Waals surface area (Å²) >= 11 is 0. The fraction of sp³-hybridized carbons (Fsp3) is 0.462. The Hall–Kier alpha value is -1.75. The van der Waals surface area contributed by atoms with Gasteiger partial charge in [-0.1, -0.05) is 17.3 Å². The second kappa shape index (κ2) is 5.27. The molecule has 1 saturated heterocycles. The molecule has 1 aromatic rings. The van der Waals surface area contributed by atoms with E-state index < -0.39 is 0 Å². The van der Waals surface area contributed by atoms with Crippen molar-refractivity contribution in [2.45, 2.75) is 20.0 Å². The van der Waals surface area contributed by atoms with Crippen LogP contribution in [0.25, 0.3) is 0 Å². The van der Waals surface area contributed by atoms with Crippen LogP contribution >= 0.6 is 0 Å². The summed E-state index contributed by atoms with van der Waals surface area (Å²) in [5.41, 5.74) is 8.67. The van der Waals surface area contributed by atoms with Gasteiger partial charge in [-0.2, -0.15) is 0 Å². The molecule has 1 heterocycles. The first-order valence-electron chi connectivity index (χ1n) is 6.07. The Morgan fingerprint density at radius 3 is 3.00 bits per heavy atom. The van der Waals surface area contributed by atoms with E-state index in [9.17, 15) is 0 Å². The van der Waals surface area contributed by atoms with E-state index in [1.807, 2.05) is 32.0 Å². The van der Waals surface area contributed by atoms with Crippen molar-refractivity contribution in [3.8, 4) is 0 Å². The van der Waals surface area contributed by atoms with Gasteiger partial charge >= 0.3 is 0 Å². The number of hydrogen-bond acceptors (Lipinski definition) is 4. The highest BCUT2D eigenvalue weighted by Crippen LogP contribution is 2.26.